The van der Waals surface area contributed by atoms with Gasteiger partial charge < -0.3 is 9.15 Å². The van der Waals surface area contributed by atoms with Crippen LogP contribution in [0.15, 0.2) is 40.8 Å². The summed E-state index contributed by atoms with van der Waals surface area (Å²) in [7, 11) is 3.28. The molecule has 8 heteroatoms. The van der Waals surface area contributed by atoms with Crippen LogP contribution in [0.3, 0.4) is 0 Å². The predicted molar refractivity (Wildman–Crippen MR) is 89.1 cm³/mol. The van der Waals surface area contributed by atoms with Crippen molar-refractivity contribution in [2.75, 3.05) is 14.2 Å². The molecule has 0 fully saturated rings. The average Bonchev–Trinajstić information content (AvgIpc) is 3.21. The lowest BCUT2D eigenvalue weighted by Crippen LogP contribution is -2.20. The summed E-state index contributed by atoms with van der Waals surface area (Å²) in [5.74, 6) is 1.54. The standard InChI is InChI=1S/C17H19N5O3/c1-12-15(17(23)24-3)9-14(25-12)10-21(2)11-16-18-19-20-22(16)13-7-5-4-6-8-13/h4-9H,10-11H2,1-3H3. The second kappa shape index (κ2) is 7.27. The second-order valence-electron chi connectivity index (χ2n) is 5.69. The molecule has 8 nitrogen and oxygen atoms in total. The molecule has 25 heavy (non-hydrogen) atoms. The molecule has 0 N–H and O–H groups in total. The van der Waals surface area contributed by atoms with Gasteiger partial charge in [-0.25, -0.2) is 4.79 Å². The highest BCUT2D eigenvalue weighted by Crippen LogP contribution is 2.18. The highest BCUT2D eigenvalue weighted by atomic mass is 16.5. The van der Waals surface area contributed by atoms with Crippen molar-refractivity contribution in [3.63, 3.8) is 0 Å². The monoisotopic (exact) mass is 341 g/mol. The topological polar surface area (TPSA) is 86.3 Å². The fourth-order valence-corrected chi connectivity index (χ4v) is 2.57. The first kappa shape index (κ1) is 16.8. The lowest BCUT2D eigenvalue weighted by atomic mass is 10.2. The largest absolute Gasteiger partial charge is 0.465 e. The van der Waals surface area contributed by atoms with Gasteiger partial charge in [0.1, 0.15) is 17.1 Å². The smallest absolute Gasteiger partial charge is 0.341 e. The van der Waals surface area contributed by atoms with Crippen molar-refractivity contribution >= 4 is 5.97 Å². The SMILES string of the molecule is COC(=O)c1cc(CN(C)Cc2nnnn2-c2ccccc2)oc1C. The van der Waals surface area contributed by atoms with E-state index >= 15 is 0 Å². The van der Waals surface area contributed by atoms with Crippen molar-refractivity contribution < 1.29 is 13.9 Å². The van der Waals surface area contributed by atoms with Gasteiger partial charge in [0.05, 0.1) is 25.9 Å². The number of ether oxygens (including phenoxy) is 1. The number of carbonyl (C=O) groups excluding carboxylic acids is 1. The summed E-state index contributed by atoms with van der Waals surface area (Å²) in [4.78, 5) is 13.7. The molecule has 0 unspecified atom stereocenters. The molecule has 0 amide bonds. The number of esters is 1. The molecule has 0 aliphatic rings. The van der Waals surface area contributed by atoms with Crippen LogP contribution in [0, 0.1) is 6.92 Å². The van der Waals surface area contributed by atoms with Gasteiger partial charge in [-0.15, -0.1) is 5.10 Å². The summed E-state index contributed by atoms with van der Waals surface area (Å²) >= 11 is 0. The van der Waals surface area contributed by atoms with Gasteiger partial charge >= 0.3 is 5.97 Å². The zero-order chi connectivity index (χ0) is 17.8. The van der Waals surface area contributed by atoms with Crippen molar-refractivity contribution in [1.82, 2.24) is 25.1 Å². The van der Waals surface area contributed by atoms with Crippen LogP contribution in [0.25, 0.3) is 5.69 Å². The van der Waals surface area contributed by atoms with Crippen LogP contribution in [0.2, 0.25) is 0 Å². The molecule has 3 aromatic rings. The van der Waals surface area contributed by atoms with Crippen molar-refractivity contribution in [3.8, 4) is 5.69 Å². The number of aromatic nitrogens is 4. The molecule has 0 saturated carbocycles. The molecule has 0 spiro atoms. The van der Waals surface area contributed by atoms with Crippen LogP contribution in [0.4, 0.5) is 0 Å². The van der Waals surface area contributed by atoms with Gasteiger partial charge in [-0.05, 0) is 42.6 Å². The van der Waals surface area contributed by atoms with Gasteiger partial charge in [-0.3, -0.25) is 4.90 Å². The maximum atomic E-state index is 11.7. The van der Waals surface area contributed by atoms with E-state index in [0.29, 0.717) is 36.0 Å². The molecule has 0 atom stereocenters. The number of tetrazole rings is 1. The third-order valence-corrected chi connectivity index (χ3v) is 3.75. The highest BCUT2D eigenvalue weighted by molar-refractivity contribution is 5.90. The molecule has 0 radical (unpaired) electrons. The van der Waals surface area contributed by atoms with E-state index in [1.807, 2.05) is 42.3 Å². The Kier molecular flexibility index (Phi) is 4.90. The summed E-state index contributed by atoms with van der Waals surface area (Å²) in [6.07, 6.45) is 0. The highest BCUT2D eigenvalue weighted by Gasteiger charge is 2.17. The van der Waals surface area contributed by atoms with Gasteiger partial charge in [-0.2, -0.15) is 4.68 Å². The van der Waals surface area contributed by atoms with E-state index < -0.39 is 5.97 Å². The summed E-state index contributed by atoms with van der Waals surface area (Å²) < 4.78 is 12.1. The minimum atomic E-state index is -0.400. The Morgan fingerprint density at radius 1 is 1.28 bits per heavy atom. The number of carbonyl (C=O) groups is 1. The Bertz CT molecular complexity index is 856. The number of nitrogens with zero attached hydrogens (tertiary/aromatic N) is 5. The fraction of sp³-hybridized carbons (Fsp3) is 0.294. The van der Waals surface area contributed by atoms with Crippen molar-refractivity contribution in [2.45, 2.75) is 20.0 Å². The lowest BCUT2D eigenvalue weighted by Gasteiger charge is -2.14. The zero-order valence-corrected chi connectivity index (χ0v) is 14.3. The maximum absolute atomic E-state index is 11.7. The first-order valence-electron chi connectivity index (χ1n) is 7.77. The molecule has 2 heterocycles. The van der Waals surface area contributed by atoms with E-state index in [1.165, 1.54) is 7.11 Å². The minimum absolute atomic E-state index is 0.400. The molecular weight excluding hydrogens is 322 g/mol. The Labute approximate surface area is 145 Å². The first-order chi connectivity index (χ1) is 12.1. The summed E-state index contributed by atoms with van der Waals surface area (Å²) in [5, 5.41) is 11.9. The zero-order valence-electron chi connectivity index (χ0n) is 14.3. The summed E-state index contributed by atoms with van der Waals surface area (Å²) in [5.41, 5.74) is 1.35. The third-order valence-electron chi connectivity index (χ3n) is 3.75. The molecule has 2 aromatic heterocycles. The minimum Gasteiger partial charge on any atom is -0.465 e. The van der Waals surface area contributed by atoms with Gasteiger partial charge in [0.2, 0.25) is 0 Å². The van der Waals surface area contributed by atoms with Crippen LogP contribution in [0.1, 0.15) is 27.7 Å². The van der Waals surface area contributed by atoms with Crippen molar-refractivity contribution in [3.05, 3.63) is 59.3 Å². The van der Waals surface area contributed by atoms with Gasteiger partial charge in [0, 0.05) is 0 Å². The second-order valence-corrected chi connectivity index (χ2v) is 5.69. The van der Waals surface area contributed by atoms with Crippen LogP contribution in [-0.2, 0) is 17.8 Å². The van der Waals surface area contributed by atoms with Crippen LogP contribution >= 0.6 is 0 Å². The van der Waals surface area contributed by atoms with Crippen LogP contribution in [-0.4, -0.2) is 45.2 Å². The van der Waals surface area contributed by atoms with E-state index in [4.69, 9.17) is 9.15 Å². The molecule has 130 valence electrons. The number of furan rings is 1. The molecule has 0 aliphatic carbocycles. The summed E-state index contributed by atoms with van der Waals surface area (Å²) in [6, 6.07) is 11.4. The van der Waals surface area contributed by atoms with Gasteiger partial charge in [0.15, 0.2) is 5.82 Å². The molecule has 0 saturated heterocycles. The molecule has 3 rings (SSSR count). The maximum Gasteiger partial charge on any atom is 0.341 e. The average molecular weight is 341 g/mol. The normalized spacial score (nSPS) is 11.0. The molecular formula is C17H19N5O3. The van der Waals surface area contributed by atoms with Crippen molar-refractivity contribution in [2.24, 2.45) is 0 Å². The number of methoxy groups -OCH3 is 1. The Morgan fingerprint density at radius 2 is 2.04 bits per heavy atom. The van der Waals surface area contributed by atoms with E-state index in [-0.39, 0.29) is 0 Å². The Balaban J connectivity index is 1.71. The molecule has 1 aromatic carbocycles. The van der Waals surface area contributed by atoms with Crippen LogP contribution in [0.5, 0.6) is 0 Å². The van der Waals surface area contributed by atoms with Gasteiger partial charge in [-0.1, -0.05) is 18.2 Å². The number of benzene rings is 1. The van der Waals surface area contributed by atoms with E-state index in [0.717, 1.165) is 5.69 Å². The Morgan fingerprint density at radius 3 is 2.76 bits per heavy atom. The molecule has 0 bridgehead atoms. The van der Waals surface area contributed by atoms with Crippen molar-refractivity contribution in [1.29, 1.82) is 0 Å². The lowest BCUT2D eigenvalue weighted by molar-refractivity contribution is 0.0599. The van der Waals surface area contributed by atoms with Gasteiger partial charge in [0.25, 0.3) is 0 Å². The third kappa shape index (κ3) is 3.74. The number of hydrogen-bond acceptors (Lipinski definition) is 7. The Hall–Kier alpha value is -3.00. The quantitative estimate of drug-likeness (QED) is 0.634. The van der Waals surface area contributed by atoms with E-state index in [9.17, 15) is 4.79 Å². The van der Waals surface area contributed by atoms with E-state index in [1.54, 1.807) is 17.7 Å². The number of hydrogen-bond donors (Lipinski definition) is 0. The fourth-order valence-electron chi connectivity index (χ4n) is 2.57. The number of aryl methyl sites for hydroxylation is 1. The predicted octanol–water partition coefficient (Wildman–Crippen LogP) is 1.98. The summed E-state index contributed by atoms with van der Waals surface area (Å²) in [6.45, 7) is 2.78. The first-order valence-corrected chi connectivity index (χ1v) is 7.77. The molecule has 0 aliphatic heterocycles. The van der Waals surface area contributed by atoms with Crippen LogP contribution < -0.4 is 0 Å². The number of para-hydroxylation sites is 1. The van der Waals surface area contributed by atoms with E-state index in [2.05, 4.69) is 15.5 Å². The number of rotatable bonds is 6.